The van der Waals surface area contributed by atoms with Crippen LogP contribution in [0.3, 0.4) is 0 Å². The molecule has 5 nitrogen and oxygen atoms in total. The smallest absolute Gasteiger partial charge is 0.257 e. The van der Waals surface area contributed by atoms with E-state index in [1.807, 2.05) is 0 Å². The molecule has 1 fully saturated rings. The number of nitrogens with one attached hydrogen (secondary N) is 1. The highest BCUT2D eigenvalue weighted by atomic mass is 35.5. The Morgan fingerprint density at radius 1 is 1.24 bits per heavy atom. The molecule has 0 radical (unpaired) electrons. The molecule has 25 heavy (non-hydrogen) atoms. The zero-order valence-electron chi connectivity index (χ0n) is 13.4. The molecule has 0 unspecified atom stereocenters. The van der Waals surface area contributed by atoms with Crippen molar-refractivity contribution < 1.29 is 17.6 Å². The third kappa shape index (κ3) is 3.93. The van der Waals surface area contributed by atoms with Gasteiger partial charge in [0, 0.05) is 6.04 Å². The van der Waals surface area contributed by atoms with Gasteiger partial charge < -0.3 is 5.32 Å². The summed E-state index contributed by atoms with van der Waals surface area (Å²) >= 11 is 6.01. The van der Waals surface area contributed by atoms with Crippen LogP contribution in [0.2, 0.25) is 5.02 Å². The minimum absolute atomic E-state index is 0.0854. The lowest BCUT2D eigenvalue weighted by atomic mass is 10.2. The van der Waals surface area contributed by atoms with E-state index in [0.717, 1.165) is 25.2 Å². The number of anilines is 2. The van der Waals surface area contributed by atoms with Gasteiger partial charge >= 0.3 is 0 Å². The molecule has 0 bridgehead atoms. The van der Waals surface area contributed by atoms with Crippen LogP contribution in [0, 0.1) is 5.82 Å². The Morgan fingerprint density at radius 2 is 1.92 bits per heavy atom. The fourth-order valence-electron chi connectivity index (χ4n) is 2.59. The van der Waals surface area contributed by atoms with Gasteiger partial charge in [0.05, 0.1) is 28.2 Å². The third-order valence-electron chi connectivity index (χ3n) is 3.80. The molecule has 1 N–H and O–H groups in total. The van der Waals surface area contributed by atoms with Crippen molar-refractivity contribution in [2.75, 3.05) is 15.9 Å². The predicted molar refractivity (Wildman–Crippen MR) is 96.2 cm³/mol. The molecule has 0 aromatic heterocycles. The van der Waals surface area contributed by atoms with Gasteiger partial charge in [-0.2, -0.15) is 0 Å². The standard InChI is InChI=1S/C17H16ClFN2O3S/c1-25(23,24)21(12-7-8-12)16-9-6-11(19)10-15(16)20-17(22)13-4-2-3-5-14(13)18/h2-6,9-10,12H,7-8H2,1H3,(H,20,22). The Labute approximate surface area is 150 Å². The summed E-state index contributed by atoms with van der Waals surface area (Å²) in [4.78, 5) is 12.5. The van der Waals surface area contributed by atoms with E-state index < -0.39 is 21.7 Å². The second kappa shape index (κ2) is 6.65. The maximum atomic E-state index is 13.7. The third-order valence-corrected chi connectivity index (χ3v) is 5.34. The lowest BCUT2D eigenvalue weighted by molar-refractivity contribution is 0.102. The van der Waals surface area contributed by atoms with E-state index in [2.05, 4.69) is 5.32 Å². The number of carbonyl (C=O) groups excluding carboxylic acids is 1. The summed E-state index contributed by atoms with van der Waals surface area (Å²) in [6, 6.07) is 9.90. The minimum Gasteiger partial charge on any atom is -0.320 e. The normalized spacial score (nSPS) is 14.2. The second-order valence-corrected chi connectivity index (χ2v) is 8.15. The summed E-state index contributed by atoms with van der Waals surface area (Å²) in [6.45, 7) is 0. The molecule has 0 heterocycles. The lowest BCUT2D eigenvalue weighted by Crippen LogP contribution is -2.33. The minimum atomic E-state index is -3.57. The van der Waals surface area contributed by atoms with Crippen molar-refractivity contribution in [3.63, 3.8) is 0 Å². The number of sulfonamides is 1. The molecule has 0 aliphatic heterocycles. The SMILES string of the molecule is CS(=O)(=O)N(c1ccc(F)cc1NC(=O)c1ccccc1Cl)C1CC1. The van der Waals surface area contributed by atoms with E-state index in [4.69, 9.17) is 11.6 Å². The second-order valence-electron chi connectivity index (χ2n) is 5.89. The number of benzene rings is 2. The Hall–Kier alpha value is -2.12. The van der Waals surface area contributed by atoms with Gasteiger partial charge in [-0.1, -0.05) is 23.7 Å². The van der Waals surface area contributed by atoms with Crippen molar-refractivity contribution in [3.8, 4) is 0 Å². The Bertz CT molecular complexity index is 929. The summed E-state index contributed by atoms with van der Waals surface area (Å²) in [7, 11) is -3.57. The summed E-state index contributed by atoms with van der Waals surface area (Å²) in [5.41, 5.74) is 0.547. The van der Waals surface area contributed by atoms with Crippen LogP contribution < -0.4 is 9.62 Å². The lowest BCUT2D eigenvalue weighted by Gasteiger charge is -2.25. The summed E-state index contributed by atoms with van der Waals surface area (Å²) < 4.78 is 39.3. The first kappa shape index (κ1) is 17.7. The molecule has 1 aliphatic rings. The van der Waals surface area contributed by atoms with Gasteiger partial charge in [-0.05, 0) is 43.2 Å². The highest BCUT2D eigenvalue weighted by Crippen LogP contribution is 2.38. The molecule has 0 spiro atoms. The Morgan fingerprint density at radius 3 is 2.52 bits per heavy atom. The number of nitrogens with zero attached hydrogens (tertiary/aromatic N) is 1. The molecule has 2 aromatic rings. The van der Waals surface area contributed by atoms with E-state index in [-0.39, 0.29) is 28.0 Å². The van der Waals surface area contributed by atoms with Crippen LogP contribution >= 0.6 is 11.6 Å². The maximum absolute atomic E-state index is 13.7. The van der Waals surface area contributed by atoms with Crippen molar-refractivity contribution in [1.82, 2.24) is 0 Å². The molecule has 3 rings (SSSR count). The molecule has 2 aromatic carbocycles. The first-order valence-corrected chi connectivity index (χ1v) is 9.85. The van der Waals surface area contributed by atoms with Crippen LogP contribution in [0.25, 0.3) is 0 Å². The van der Waals surface area contributed by atoms with Gasteiger partial charge in [-0.25, -0.2) is 12.8 Å². The summed E-state index contributed by atoms with van der Waals surface area (Å²) in [6.07, 6.45) is 2.54. The van der Waals surface area contributed by atoms with Gasteiger partial charge in [0.2, 0.25) is 10.0 Å². The van der Waals surface area contributed by atoms with Gasteiger partial charge in [-0.3, -0.25) is 9.10 Å². The number of hydrogen-bond donors (Lipinski definition) is 1. The fourth-order valence-corrected chi connectivity index (χ4v) is 4.08. The van der Waals surface area contributed by atoms with Gasteiger partial charge in [0.25, 0.3) is 5.91 Å². The molecule has 1 amide bonds. The van der Waals surface area contributed by atoms with E-state index >= 15 is 0 Å². The molecule has 0 saturated heterocycles. The number of rotatable bonds is 5. The highest BCUT2D eigenvalue weighted by molar-refractivity contribution is 7.92. The van der Waals surface area contributed by atoms with E-state index in [1.165, 1.54) is 22.5 Å². The zero-order valence-corrected chi connectivity index (χ0v) is 14.9. The van der Waals surface area contributed by atoms with Crippen LogP contribution in [0.4, 0.5) is 15.8 Å². The number of amides is 1. The summed E-state index contributed by atoms with van der Waals surface area (Å²) in [5.74, 6) is -1.12. The molecule has 1 aliphatic carbocycles. The molecule has 132 valence electrons. The van der Waals surface area contributed by atoms with Crippen LogP contribution in [0.5, 0.6) is 0 Å². The van der Waals surface area contributed by atoms with Gasteiger partial charge in [-0.15, -0.1) is 0 Å². The Kier molecular flexibility index (Phi) is 4.71. The number of carbonyl (C=O) groups is 1. The molecular weight excluding hydrogens is 367 g/mol. The van der Waals surface area contributed by atoms with E-state index in [9.17, 15) is 17.6 Å². The average molecular weight is 383 g/mol. The fraction of sp³-hybridized carbons (Fsp3) is 0.235. The van der Waals surface area contributed by atoms with Crippen molar-refractivity contribution >= 4 is 38.9 Å². The zero-order chi connectivity index (χ0) is 18.2. The van der Waals surface area contributed by atoms with Crippen molar-refractivity contribution in [2.24, 2.45) is 0 Å². The first-order valence-electron chi connectivity index (χ1n) is 7.62. The Balaban J connectivity index is 2.00. The molecule has 1 saturated carbocycles. The molecule has 0 atom stereocenters. The van der Waals surface area contributed by atoms with Gasteiger partial charge in [0.15, 0.2) is 0 Å². The van der Waals surface area contributed by atoms with Crippen molar-refractivity contribution in [1.29, 1.82) is 0 Å². The number of halogens is 2. The van der Waals surface area contributed by atoms with Crippen LogP contribution in [-0.4, -0.2) is 26.6 Å². The average Bonchev–Trinajstić information content (AvgIpc) is 3.33. The molecular formula is C17H16ClFN2O3S. The summed E-state index contributed by atoms with van der Waals surface area (Å²) in [5, 5.41) is 2.82. The monoisotopic (exact) mass is 382 g/mol. The highest BCUT2D eigenvalue weighted by Gasteiger charge is 2.36. The van der Waals surface area contributed by atoms with Crippen molar-refractivity contribution in [3.05, 3.63) is 58.9 Å². The number of hydrogen-bond acceptors (Lipinski definition) is 3. The van der Waals surface area contributed by atoms with Crippen molar-refractivity contribution in [2.45, 2.75) is 18.9 Å². The first-order chi connectivity index (χ1) is 11.8. The largest absolute Gasteiger partial charge is 0.320 e. The topological polar surface area (TPSA) is 66.5 Å². The van der Waals surface area contributed by atoms with E-state index in [0.29, 0.717) is 0 Å². The quantitative estimate of drug-likeness (QED) is 0.858. The predicted octanol–water partition coefficient (Wildman–Crippen LogP) is 3.66. The molecule has 8 heteroatoms. The van der Waals surface area contributed by atoms with Crippen LogP contribution in [0.15, 0.2) is 42.5 Å². The van der Waals surface area contributed by atoms with Crippen LogP contribution in [-0.2, 0) is 10.0 Å². The van der Waals surface area contributed by atoms with Crippen LogP contribution in [0.1, 0.15) is 23.2 Å². The van der Waals surface area contributed by atoms with Gasteiger partial charge in [0.1, 0.15) is 5.82 Å². The maximum Gasteiger partial charge on any atom is 0.257 e. The van der Waals surface area contributed by atoms with E-state index in [1.54, 1.807) is 18.2 Å².